The highest BCUT2D eigenvalue weighted by Crippen LogP contribution is 2.58. The summed E-state index contributed by atoms with van der Waals surface area (Å²) in [6.07, 6.45) is 0.345. The summed E-state index contributed by atoms with van der Waals surface area (Å²) in [4.78, 5) is 25.8. The van der Waals surface area contributed by atoms with Crippen molar-refractivity contribution in [2.24, 2.45) is 23.2 Å². The highest BCUT2D eigenvalue weighted by Gasteiger charge is 2.64. The highest BCUT2D eigenvalue weighted by atomic mass is 28.4. The molecular weight excluding hydrogens is 504 g/mol. The first-order valence-electron chi connectivity index (χ1n) is 14.2. The Morgan fingerprint density at radius 3 is 2.34 bits per heavy atom. The van der Waals surface area contributed by atoms with Crippen molar-refractivity contribution < 1.29 is 38.1 Å². The van der Waals surface area contributed by atoms with E-state index >= 15 is 0 Å². The second kappa shape index (κ2) is 11.0. The van der Waals surface area contributed by atoms with E-state index in [0.717, 1.165) is 6.29 Å². The van der Waals surface area contributed by atoms with Crippen molar-refractivity contribution >= 4 is 20.4 Å². The van der Waals surface area contributed by atoms with Gasteiger partial charge < -0.3 is 33.3 Å². The van der Waals surface area contributed by atoms with Gasteiger partial charge in [-0.05, 0) is 57.2 Å². The van der Waals surface area contributed by atoms with Crippen LogP contribution >= 0.6 is 0 Å². The zero-order valence-corrected chi connectivity index (χ0v) is 26.5. The lowest BCUT2D eigenvalue weighted by Crippen LogP contribution is -2.59. The number of hydrogen-bond acceptors (Lipinski definition) is 8. The number of aldehydes is 1. The van der Waals surface area contributed by atoms with Crippen LogP contribution < -0.4 is 0 Å². The maximum Gasteiger partial charge on any atom is 0.192 e. The van der Waals surface area contributed by atoms with Gasteiger partial charge in [-0.3, -0.25) is 4.79 Å². The molecule has 0 aromatic heterocycles. The van der Waals surface area contributed by atoms with Crippen molar-refractivity contribution in [3.63, 3.8) is 0 Å². The Hall–Kier alpha value is -0.683. The molecule has 8 atom stereocenters. The quantitative estimate of drug-likeness (QED) is 0.257. The topological polar surface area (TPSA) is 101 Å². The molecule has 0 spiro atoms. The van der Waals surface area contributed by atoms with E-state index in [-0.39, 0.29) is 35.9 Å². The predicted molar refractivity (Wildman–Crippen MR) is 147 cm³/mol. The van der Waals surface area contributed by atoms with Gasteiger partial charge >= 0.3 is 0 Å². The predicted octanol–water partition coefficient (Wildman–Crippen LogP) is 4.87. The number of fused-ring (bicyclic) bond motifs is 2. The van der Waals surface area contributed by atoms with Crippen LogP contribution in [0, 0.1) is 23.2 Å². The fraction of sp³-hybridized carbons (Fsp3) is 0.931. The first-order valence-corrected chi connectivity index (χ1v) is 17.1. The van der Waals surface area contributed by atoms with Crippen LogP contribution in [-0.4, -0.2) is 75.2 Å². The summed E-state index contributed by atoms with van der Waals surface area (Å²) in [6, 6.07) is 0. The van der Waals surface area contributed by atoms with Gasteiger partial charge in [-0.2, -0.15) is 0 Å². The van der Waals surface area contributed by atoms with Crippen molar-refractivity contribution in [2.75, 3.05) is 13.9 Å². The zero-order chi connectivity index (χ0) is 28.9. The summed E-state index contributed by atoms with van der Waals surface area (Å²) >= 11 is 0. The highest BCUT2D eigenvalue weighted by molar-refractivity contribution is 6.74. The maximum absolute atomic E-state index is 14.2. The zero-order valence-electron chi connectivity index (χ0n) is 25.5. The second-order valence-corrected chi connectivity index (χ2v) is 19.0. The Labute approximate surface area is 230 Å². The average molecular weight is 557 g/mol. The average Bonchev–Trinajstić information content (AvgIpc) is 3.22. The number of methoxy groups -OCH3 is 1. The molecule has 2 aliphatic carbocycles. The minimum absolute atomic E-state index is 0.00740. The fourth-order valence-electron chi connectivity index (χ4n) is 6.74. The van der Waals surface area contributed by atoms with Crippen LogP contribution in [0.25, 0.3) is 0 Å². The molecule has 38 heavy (non-hydrogen) atoms. The molecule has 9 heteroatoms. The van der Waals surface area contributed by atoms with Gasteiger partial charge in [-0.15, -0.1) is 0 Å². The van der Waals surface area contributed by atoms with Crippen LogP contribution in [0.15, 0.2) is 0 Å². The summed E-state index contributed by atoms with van der Waals surface area (Å²) in [5.74, 6) is -1.95. The molecule has 1 heterocycles. The van der Waals surface area contributed by atoms with Crippen molar-refractivity contribution in [2.45, 2.75) is 135 Å². The lowest BCUT2D eigenvalue weighted by molar-refractivity contribution is -0.167. The Bertz CT molecular complexity index is 865. The number of aliphatic hydroxyl groups is 1. The molecule has 2 saturated carbocycles. The minimum atomic E-state index is -2.33. The third kappa shape index (κ3) is 5.71. The number of ether oxygens (including phenoxy) is 4. The van der Waals surface area contributed by atoms with E-state index in [0.29, 0.717) is 19.3 Å². The number of hydrogen-bond donors (Lipinski definition) is 1. The van der Waals surface area contributed by atoms with Gasteiger partial charge in [0, 0.05) is 30.8 Å². The Morgan fingerprint density at radius 1 is 1.16 bits per heavy atom. The molecule has 3 aliphatic rings. The summed E-state index contributed by atoms with van der Waals surface area (Å²) < 4.78 is 30.9. The molecule has 3 fully saturated rings. The molecule has 1 saturated heterocycles. The monoisotopic (exact) mass is 556 g/mol. The molecule has 0 radical (unpaired) electrons. The normalized spacial score (nSPS) is 39.5. The molecule has 8 nitrogen and oxygen atoms in total. The molecule has 0 unspecified atom stereocenters. The van der Waals surface area contributed by atoms with Gasteiger partial charge in [-0.25, -0.2) is 0 Å². The third-order valence-corrected chi connectivity index (χ3v) is 14.7. The smallest absolute Gasteiger partial charge is 0.192 e. The number of rotatable bonds is 8. The van der Waals surface area contributed by atoms with Crippen molar-refractivity contribution in [1.82, 2.24) is 0 Å². The molecule has 1 aliphatic heterocycles. The fourth-order valence-corrected chi connectivity index (χ4v) is 8.10. The largest absolute Gasteiger partial charge is 0.411 e. The Kier molecular flexibility index (Phi) is 9.17. The van der Waals surface area contributed by atoms with Gasteiger partial charge in [-0.1, -0.05) is 41.5 Å². The summed E-state index contributed by atoms with van der Waals surface area (Å²) in [6.45, 7) is 20.6. The maximum atomic E-state index is 14.2. The minimum Gasteiger partial charge on any atom is -0.411 e. The van der Waals surface area contributed by atoms with E-state index in [1.54, 1.807) is 7.11 Å². The van der Waals surface area contributed by atoms with Crippen LogP contribution in [0.4, 0.5) is 0 Å². The number of Topliss-reactive ketones (excluding diaryl/α,β-unsaturated/α-hetero) is 1. The van der Waals surface area contributed by atoms with Crippen LogP contribution in [0.3, 0.4) is 0 Å². The van der Waals surface area contributed by atoms with Crippen LogP contribution in [0.5, 0.6) is 0 Å². The first kappa shape index (κ1) is 31.8. The van der Waals surface area contributed by atoms with Gasteiger partial charge in [0.25, 0.3) is 0 Å². The molecule has 1 N–H and O–H groups in total. The van der Waals surface area contributed by atoms with E-state index in [1.165, 1.54) is 0 Å². The van der Waals surface area contributed by atoms with E-state index in [9.17, 15) is 14.7 Å². The molecule has 220 valence electrons. The standard InChI is InChI=1S/C29H52O8Si/c1-18-19(24-21(13-15-30)35-28(7,8)36-24)16-22(37-38(10,11)26(2,3)4)29(32)14-12-20(27(29,5)6)25(23(18)31)34-17-33-9/h15,18-22,24-25,32H,12-14,16-17H2,1-11H3/t18-,19+,20-,21-,22+,24+,25-,29-/m1/s1. The first-order chi connectivity index (χ1) is 17.3. The Balaban J connectivity index is 2.17. The molecule has 0 aromatic rings. The van der Waals surface area contributed by atoms with Gasteiger partial charge in [0.1, 0.15) is 19.2 Å². The molecule has 2 bridgehead atoms. The van der Waals surface area contributed by atoms with E-state index in [1.807, 2.05) is 34.6 Å². The molecule has 3 rings (SSSR count). The van der Waals surface area contributed by atoms with Gasteiger partial charge in [0.2, 0.25) is 0 Å². The van der Waals surface area contributed by atoms with E-state index < -0.39 is 55.5 Å². The van der Waals surface area contributed by atoms with Crippen LogP contribution in [0.1, 0.15) is 81.1 Å². The van der Waals surface area contributed by atoms with Crippen LogP contribution in [0.2, 0.25) is 18.1 Å². The number of carbonyl (C=O) groups is 2. The SMILES string of the molecule is COCO[C@H]1C(=O)[C@H](C)[C@@H]([C@@H]2OC(C)(C)O[C@@H]2CC=O)C[C@H](O[Si](C)(C)C(C)(C)C)[C@]2(O)CC[C@H]1C2(C)C. The number of carbonyl (C=O) groups excluding carboxylic acids is 2. The van der Waals surface area contributed by atoms with E-state index in [2.05, 4.69) is 33.9 Å². The molecular formula is C29H52O8Si. The lowest BCUT2D eigenvalue weighted by atomic mass is 9.67. The summed E-state index contributed by atoms with van der Waals surface area (Å²) in [5.41, 5.74) is -1.84. The molecule has 0 aromatic carbocycles. The Morgan fingerprint density at radius 2 is 1.79 bits per heavy atom. The lowest BCUT2D eigenvalue weighted by Gasteiger charge is -2.50. The third-order valence-electron chi connectivity index (χ3n) is 10.2. The van der Waals surface area contributed by atoms with Crippen molar-refractivity contribution in [1.29, 1.82) is 0 Å². The van der Waals surface area contributed by atoms with Crippen molar-refractivity contribution in [3.8, 4) is 0 Å². The molecule has 0 amide bonds. The number of ketones is 1. The summed E-state index contributed by atoms with van der Waals surface area (Å²) in [5, 5.41) is 12.5. The van der Waals surface area contributed by atoms with Gasteiger partial charge in [0.05, 0.1) is 23.9 Å². The van der Waals surface area contributed by atoms with Crippen LogP contribution in [-0.2, 0) is 33.0 Å². The van der Waals surface area contributed by atoms with Gasteiger partial charge in [0.15, 0.2) is 19.9 Å². The van der Waals surface area contributed by atoms with Crippen molar-refractivity contribution in [3.05, 3.63) is 0 Å². The second-order valence-electron chi connectivity index (χ2n) is 14.3. The summed E-state index contributed by atoms with van der Waals surface area (Å²) in [7, 11) is -0.785. The van der Waals surface area contributed by atoms with E-state index in [4.69, 9.17) is 23.4 Å².